The molecular weight excluding hydrogens is 256 g/mol. The Labute approximate surface area is 119 Å². The van der Waals surface area contributed by atoms with Crippen LogP contribution in [0.15, 0.2) is 23.1 Å². The zero-order valence-corrected chi connectivity index (χ0v) is 12.3. The number of benzene rings is 1. The lowest BCUT2D eigenvalue weighted by Gasteiger charge is -2.20. The molecule has 2 N–H and O–H groups in total. The van der Waals surface area contributed by atoms with Crippen molar-refractivity contribution >= 4 is 23.4 Å². The summed E-state index contributed by atoms with van der Waals surface area (Å²) in [5.41, 5.74) is 7.90. The van der Waals surface area contributed by atoms with Crippen LogP contribution in [0.2, 0.25) is 0 Å². The fourth-order valence-electron chi connectivity index (χ4n) is 2.33. The van der Waals surface area contributed by atoms with Gasteiger partial charge in [-0.3, -0.25) is 4.79 Å². The van der Waals surface area contributed by atoms with Gasteiger partial charge in [-0.25, -0.2) is 0 Å². The molecule has 1 amide bonds. The minimum atomic E-state index is 0.243. The summed E-state index contributed by atoms with van der Waals surface area (Å²) in [5.74, 6) is 0.737. The molecule has 2 rings (SSSR count). The molecule has 0 aromatic heterocycles. The lowest BCUT2D eigenvalue weighted by atomic mass is 10.2. The second-order valence-electron chi connectivity index (χ2n) is 5.07. The average molecular weight is 278 g/mol. The van der Waals surface area contributed by atoms with E-state index in [0.29, 0.717) is 5.75 Å². The highest BCUT2D eigenvalue weighted by Gasteiger charge is 2.16. The summed E-state index contributed by atoms with van der Waals surface area (Å²) in [6.45, 7) is 3.83. The van der Waals surface area contributed by atoms with E-state index in [4.69, 9.17) is 5.73 Å². The van der Waals surface area contributed by atoms with Gasteiger partial charge in [-0.2, -0.15) is 0 Å². The number of anilines is 1. The first-order valence-corrected chi connectivity index (χ1v) is 7.92. The number of nitrogen functional groups attached to an aromatic ring is 1. The molecule has 1 heterocycles. The minimum Gasteiger partial charge on any atom is -0.398 e. The van der Waals surface area contributed by atoms with Crippen LogP contribution in [0.3, 0.4) is 0 Å². The molecule has 1 aliphatic heterocycles. The number of likely N-dealkylation sites (tertiary alicyclic amines) is 1. The van der Waals surface area contributed by atoms with E-state index in [1.807, 2.05) is 30.0 Å². The number of thioether (sulfide) groups is 1. The van der Waals surface area contributed by atoms with Crippen molar-refractivity contribution in [3.8, 4) is 0 Å². The number of para-hydroxylation sites is 1. The molecule has 1 fully saturated rings. The van der Waals surface area contributed by atoms with Gasteiger partial charge in [0.2, 0.25) is 5.91 Å². The van der Waals surface area contributed by atoms with Crippen molar-refractivity contribution in [3.63, 3.8) is 0 Å². The first-order chi connectivity index (χ1) is 9.18. The van der Waals surface area contributed by atoms with Crippen molar-refractivity contribution in [3.05, 3.63) is 23.8 Å². The molecule has 3 nitrogen and oxygen atoms in total. The molecule has 0 unspecified atom stereocenters. The van der Waals surface area contributed by atoms with Gasteiger partial charge in [-0.1, -0.05) is 25.0 Å². The second kappa shape index (κ2) is 6.85. The van der Waals surface area contributed by atoms with Gasteiger partial charge in [0.1, 0.15) is 0 Å². The van der Waals surface area contributed by atoms with Crippen LogP contribution in [0.25, 0.3) is 0 Å². The lowest BCUT2D eigenvalue weighted by Crippen LogP contribution is -2.33. The fraction of sp³-hybridized carbons (Fsp3) is 0.533. The first kappa shape index (κ1) is 14.3. The third-order valence-corrected chi connectivity index (χ3v) is 4.65. The second-order valence-corrected chi connectivity index (χ2v) is 6.09. The molecule has 1 aromatic rings. The van der Waals surface area contributed by atoms with Crippen LogP contribution in [0.5, 0.6) is 0 Å². The van der Waals surface area contributed by atoms with E-state index in [0.717, 1.165) is 42.1 Å². The summed E-state index contributed by atoms with van der Waals surface area (Å²) >= 11 is 1.55. The van der Waals surface area contributed by atoms with Crippen molar-refractivity contribution in [1.29, 1.82) is 0 Å². The van der Waals surface area contributed by atoms with Gasteiger partial charge in [-0.05, 0) is 31.4 Å². The van der Waals surface area contributed by atoms with Crippen LogP contribution in [-0.2, 0) is 4.79 Å². The molecule has 19 heavy (non-hydrogen) atoms. The average Bonchev–Trinajstić information content (AvgIpc) is 2.69. The molecule has 104 valence electrons. The molecule has 1 aromatic carbocycles. The number of carbonyl (C=O) groups excluding carboxylic acids is 1. The van der Waals surface area contributed by atoms with Gasteiger partial charge >= 0.3 is 0 Å². The topological polar surface area (TPSA) is 46.3 Å². The Morgan fingerprint density at radius 1 is 1.26 bits per heavy atom. The molecule has 0 saturated carbocycles. The highest BCUT2D eigenvalue weighted by atomic mass is 32.2. The molecule has 0 bridgehead atoms. The molecular formula is C15H22N2OS. The Morgan fingerprint density at radius 2 is 1.95 bits per heavy atom. The van der Waals surface area contributed by atoms with Crippen molar-refractivity contribution in [2.75, 3.05) is 24.6 Å². The number of nitrogens with zero attached hydrogens (tertiary/aromatic N) is 1. The summed E-state index contributed by atoms with van der Waals surface area (Å²) in [7, 11) is 0. The van der Waals surface area contributed by atoms with E-state index in [1.165, 1.54) is 12.8 Å². The summed E-state index contributed by atoms with van der Waals surface area (Å²) in [5, 5.41) is 0. The summed E-state index contributed by atoms with van der Waals surface area (Å²) in [6.07, 6.45) is 4.79. The number of amides is 1. The van der Waals surface area contributed by atoms with Crippen LogP contribution in [0.1, 0.15) is 31.2 Å². The van der Waals surface area contributed by atoms with Gasteiger partial charge in [0.05, 0.1) is 5.75 Å². The molecule has 0 aliphatic carbocycles. The smallest absolute Gasteiger partial charge is 0.232 e. The van der Waals surface area contributed by atoms with Crippen molar-refractivity contribution < 1.29 is 4.79 Å². The van der Waals surface area contributed by atoms with Gasteiger partial charge < -0.3 is 10.6 Å². The molecule has 1 aliphatic rings. The quantitative estimate of drug-likeness (QED) is 0.683. The minimum absolute atomic E-state index is 0.243. The molecule has 1 saturated heterocycles. The summed E-state index contributed by atoms with van der Waals surface area (Å²) in [4.78, 5) is 15.2. The highest BCUT2D eigenvalue weighted by Crippen LogP contribution is 2.27. The van der Waals surface area contributed by atoms with Crippen LogP contribution in [0, 0.1) is 6.92 Å². The first-order valence-electron chi connectivity index (χ1n) is 6.94. The van der Waals surface area contributed by atoms with E-state index in [1.54, 1.807) is 11.8 Å². The number of carbonyl (C=O) groups is 1. The van der Waals surface area contributed by atoms with Gasteiger partial charge in [0.15, 0.2) is 0 Å². The SMILES string of the molecule is Cc1cccc(SCC(=O)N2CCCCCC2)c1N. The van der Waals surface area contributed by atoms with E-state index < -0.39 is 0 Å². The Bertz CT molecular complexity index is 440. The predicted octanol–water partition coefficient (Wildman–Crippen LogP) is 3.07. The van der Waals surface area contributed by atoms with Crippen LogP contribution in [-0.4, -0.2) is 29.6 Å². The standard InChI is InChI=1S/C15H22N2OS/c1-12-7-6-8-13(15(12)16)19-11-14(18)17-9-4-2-3-5-10-17/h6-8H,2-5,9-11,16H2,1H3. The van der Waals surface area contributed by atoms with Crippen LogP contribution >= 0.6 is 11.8 Å². The number of aryl methyl sites for hydroxylation is 1. The zero-order valence-electron chi connectivity index (χ0n) is 11.5. The van der Waals surface area contributed by atoms with E-state index in [-0.39, 0.29) is 5.91 Å². The van der Waals surface area contributed by atoms with E-state index in [2.05, 4.69) is 0 Å². The van der Waals surface area contributed by atoms with Gasteiger partial charge in [-0.15, -0.1) is 11.8 Å². The van der Waals surface area contributed by atoms with Crippen LogP contribution < -0.4 is 5.73 Å². The summed E-state index contributed by atoms with van der Waals surface area (Å²) in [6, 6.07) is 5.98. The normalized spacial score (nSPS) is 16.2. The lowest BCUT2D eigenvalue weighted by molar-refractivity contribution is -0.128. The number of hydrogen-bond donors (Lipinski definition) is 1. The third-order valence-electron chi connectivity index (χ3n) is 3.59. The maximum Gasteiger partial charge on any atom is 0.232 e. The van der Waals surface area contributed by atoms with E-state index >= 15 is 0 Å². The molecule has 0 spiro atoms. The van der Waals surface area contributed by atoms with Crippen molar-refractivity contribution in [2.45, 2.75) is 37.5 Å². The molecule has 4 heteroatoms. The zero-order chi connectivity index (χ0) is 13.7. The Hall–Kier alpha value is -1.16. The predicted molar refractivity (Wildman–Crippen MR) is 81.4 cm³/mol. The van der Waals surface area contributed by atoms with Gasteiger partial charge in [0.25, 0.3) is 0 Å². The maximum atomic E-state index is 12.2. The van der Waals surface area contributed by atoms with E-state index in [9.17, 15) is 4.79 Å². The monoisotopic (exact) mass is 278 g/mol. The highest BCUT2D eigenvalue weighted by molar-refractivity contribution is 8.00. The number of nitrogens with two attached hydrogens (primary N) is 1. The number of rotatable bonds is 3. The molecule has 0 atom stereocenters. The Morgan fingerprint density at radius 3 is 2.63 bits per heavy atom. The fourth-order valence-corrected chi connectivity index (χ4v) is 3.28. The number of hydrogen-bond acceptors (Lipinski definition) is 3. The van der Waals surface area contributed by atoms with Crippen molar-refractivity contribution in [2.24, 2.45) is 0 Å². The third kappa shape index (κ3) is 3.90. The van der Waals surface area contributed by atoms with Crippen LogP contribution in [0.4, 0.5) is 5.69 Å². The largest absolute Gasteiger partial charge is 0.398 e. The molecule has 0 radical (unpaired) electrons. The van der Waals surface area contributed by atoms with Crippen molar-refractivity contribution in [1.82, 2.24) is 4.90 Å². The maximum absolute atomic E-state index is 12.2. The Kier molecular flexibility index (Phi) is 5.14. The summed E-state index contributed by atoms with van der Waals surface area (Å²) < 4.78 is 0. The Balaban J connectivity index is 1.90. The van der Waals surface area contributed by atoms with Gasteiger partial charge in [0, 0.05) is 23.7 Å².